The van der Waals surface area contributed by atoms with Gasteiger partial charge in [-0.1, -0.05) is 24.3 Å². The molecule has 7 nitrogen and oxygen atoms in total. The van der Waals surface area contributed by atoms with Crippen LogP contribution in [-0.2, 0) is 32.0 Å². The summed E-state index contributed by atoms with van der Waals surface area (Å²) in [7, 11) is 0. The van der Waals surface area contributed by atoms with Crippen LogP contribution in [-0.4, -0.2) is 47.7 Å². The third-order valence-electron chi connectivity index (χ3n) is 4.32. The number of alkyl carbamates (subject to hydrolysis) is 1. The van der Waals surface area contributed by atoms with E-state index in [9.17, 15) is 14.4 Å². The Morgan fingerprint density at radius 1 is 1.18 bits per heavy atom. The molecule has 1 N–H and O–H groups in total. The van der Waals surface area contributed by atoms with Crippen LogP contribution in [0.3, 0.4) is 0 Å². The molecule has 0 bridgehead atoms. The number of ether oxygens (including phenoxy) is 2. The van der Waals surface area contributed by atoms with Crippen LogP contribution in [0.2, 0.25) is 0 Å². The first-order chi connectivity index (χ1) is 13.2. The van der Waals surface area contributed by atoms with Crippen LogP contribution in [0.25, 0.3) is 0 Å². The van der Waals surface area contributed by atoms with Gasteiger partial charge in [0, 0.05) is 26.1 Å². The van der Waals surface area contributed by atoms with Crippen molar-refractivity contribution in [3.05, 3.63) is 35.4 Å². The van der Waals surface area contributed by atoms with E-state index in [1.807, 2.05) is 18.2 Å². The Labute approximate surface area is 166 Å². The summed E-state index contributed by atoms with van der Waals surface area (Å²) in [6, 6.07) is 8.05. The van der Waals surface area contributed by atoms with Crippen LogP contribution in [0.15, 0.2) is 24.3 Å². The van der Waals surface area contributed by atoms with Gasteiger partial charge in [0.05, 0.1) is 0 Å². The minimum absolute atomic E-state index is 0.121. The molecule has 0 saturated heterocycles. The number of rotatable bonds is 6. The lowest BCUT2D eigenvalue weighted by Gasteiger charge is -2.30. The number of carbonyl (C=O) groups excluding carboxylic acids is 3. The van der Waals surface area contributed by atoms with E-state index in [1.54, 1.807) is 32.6 Å². The van der Waals surface area contributed by atoms with Gasteiger partial charge < -0.3 is 19.7 Å². The second kappa shape index (κ2) is 9.57. The van der Waals surface area contributed by atoms with Gasteiger partial charge in [-0.15, -0.1) is 0 Å². The average molecular weight is 390 g/mol. The van der Waals surface area contributed by atoms with E-state index in [-0.39, 0.29) is 12.3 Å². The fourth-order valence-corrected chi connectivity index (χ4v) is 2.98. The van der Waals surface area contributed by atoms with Gasteiger partial charge in [0.1, 0.15) is 5.60 Å². The predicted molar refractivity (Wildman–Crippen MR) is 105 cm³/mol. The summed E-state index contributed by atoms with van der Waals surface area (Å²) < 4.78 is 10.4. The smallest absolute Gasteiger partial charge is 0.407 e. The lowest BCUT2D eigenvalue weighted by molar-refractivity contribution is -0.159. The van der Waals surface area contributed by atoms with E-state index >= 15 is 0 Å². The third-order valence-corrected chi connectivity index (χ3v) is 4.32. The minimum atomic E-state index is -0.823. The molecule has 0 radical (unpaired) electrons. The lowest BCUT2D eigenvalue weighted by atomic mass is 9.99. The highest BCUT2D eigenvalue weighted by atomic mass is 16.6. The van der Waals surface area contributed by atoms with E-state index in [0.717, 1.165) is 12.0 Å². The zero-order valence-corrected chi connectivity index (χ0v) is 17.1. The molecule has 1 aromatic rings. The number of fused-ring (bicyclic) bond motifs is 1. The fraction of sp³-hybridized carbons (Fsp3) is 0.571. The fourth-order valence-electron chi connectivity index (χ4n) is 2.98. The van der Waals surface area contributed by atoms with E-state index in [2.05, 4.69) is 11.4 Å². The zero-order valence-electron chi connectivity index (χ0n) is 17.1. The number of hydrogen-bond acceptors (Lipinski definition) is 5. The molecular formula is C21H30N2O5. The molecule has 154 valence electrons. The van der Waals surface area contributed by atoms with Crippen molar-refractivity contribution in [3.8, 4) is 0 Å². The summed E-state index contributed by atoms with van der Waals surface area (Å²) in [5.74, 6) is -0.640. The van der Waals surface area contributed by atoms with Gasteiger partial charge in [-0.25, -0.2) is 4.79 Å². The van der Waals surface area contributed by atoms with Crippen LogP contribution in [0.5, 0.6) is 0 Å². The first kappa shape index (κ1) is 21.7. The van der Waals surface area contributed by atoms with Crippen LogP contribution in [0.4, 0.5) is 4.79 Å². The number of nitrogens with zero attached hydrogens (tertiary/aromatic N) is 1. The Morgan fingerprint density at radius 3 is 2.54 bits per heavy atom. The molecule has 2 amide bonds. The molecule has 1 atom stereocenters. The molecule has 1 heterocycles. The van der Waals surface area contributed by atoms with Crippen LogP contribution < -0.4 is 5.32 Å². The molecule has 1 aliphatic heterocycles. The van der Waals surface area contributed by atoms with E-state index < -0.39 is 23.8 Å². The van der Waals surface area contributed by atoms with Crippen molar-refractivity contribution in [1.29, 1.82) is 0 Å². The maximum Gasteiger partial charge on any atom is 0.407 e. The van der Waals surface area contributed by atoms with Crippen molar-refractivity contribution in [2.24, 2.45) is 0 Å². The first-order valence-corrected chi connectivity index (χ1v) is 9.67. The molecular weight excluding hydrogens is 360 g/mol. The largest absolute Gasteiger partial charge is 0.453 e. The Morgan fingerprint density at radius 2 is 1.86 bits per heavy atom. The quantitative estimate of drug-likeness (QED) is 0.596. The zero-order chi connectivity index (χ0) is 20.7. The molecule has 0 aliphatic carbocycles. The Balaban J connectivity index is 1.69. The second-order valence-corrected chi connectivity index (χ2v) is 7.94. The molecule has 0 fully saturated rings. The van der Waals surface area contributed by atoms with Gasteiger partial charge in [0.15, 0.2) is 6.10 Å². The Bertz CT molecular complexity index is 711. The summed E-state index contributed by atoms with van der Waals surface area (Å²) in [5.41, 5.74) is 1.83. The number of esters is 1. The minimum Gasteiger partial charge on any atom is -0.453 e. The summed E-state index contributed by atoms with van der Waals surface area (Å²) in [4.78, 5) is 37.8. The molecule has 0 unspecified atom stereocenters. The lowest BCUT2D eigenvalue weighted by Crippen LogP contribution is -2.42. The normalized spacial score (nSPS) is 14.6. The number of nitrogens with one attached hydrogen (secondary N) is 1. The van der Waals surface area contributed by atoms with Crippen molar-refractivity contribution in [3.63, 3.8) is 0 Å². The molecule has 7 heteroatoms. The molecule has 1 aromatic carbocycles. The number of benzene rings is 1. The Hall–Kier alpha value is -2.57. The van der Waals surface area contributed by atoms with Gasteiger partial charge in [-0.3, -0.25) is 9.59 Å². The summed E-state index contributed by atoms with van der Waals surface area (Å²) in [5, 5.41) is 2.59. The van der Waals surface area contributed by atoms with Crippen LogP contribution in [0.1, 0.15) is 51.7 Å². The number of hydrogen-bond donors (Lipinski definition) is 1. The molecule has 2 rings (SSSR count). The molecule has 0 spiro atoms. The van der Waals surface area contributed by atoms with Crippen molar-refractivity contribution >= 4 is 18.0 Å². The van der Waals surface area contributed by atoms with Crippen molar-refractivity contribution in [1.82, 2.24) is 10.2 Å². The van der Waals surface area contributed by atoms with Crippen molar-refractivity contribution in [2.45, 2.75) is 65.2 Å². The predicted octanol–water partition coefficient (Wildman–Crippen LogP) is 2.81. The topological polar surface area (TPSA) is 84.9 Å². The van der Waals surface area contributed by atoms with E-state index in [1.165, 1.54) is 5.56 Å². The van der Waals surface area contributed by atoms with Gasteiger partial charge in [0.2, 0.25) is 0 Å². The average Bonchev–Trinajstić information content (AvgIpc) is 2.62. The van der Waals surface area contributed by atoms with E-state index in [4.69, 9.17) is 9.47 Å². The maximum absolute atomic E-state index is 12.6. The monoisotopic (exact) mass is 390 g/mol. The van der Waals surface area contributed by atoms with Crippen molar-refractivity contribution < 1.29 is 23.9 Å². The summed E-state index contributed by atoms with van der Waals surface area (Å²) in [6.07, 6.45) is -0.00279. The third kappa shape index (κ3) is 6.87. The van der Waals surface area contributed by atoms with Gasteiger partial charge >= 0.3 is 12.1 Å². The van der Waals surface area contributed by atoms with Gasteiger partial charge in [0.25, 0.3) is 5.91 Å². The standard InChI is InChI=1S/C21H30N2O5/c1-15(19(25)23-13-11-16-8-5-6-9-17(16)14-23)27-18(24)10-7-12-22-20(26)28-21(2,3)4/h5-6,8-9,15H,7,10-14H2,1-4H3,(H,22,26)/t15-/m0/s1. The Kier molecular flexibility index (Phi) is 7.43. The molecule has 28 heavy (non-hydrogen) atoms. The van der Waals surface area contributed by atoms with Crippen LogP contribution >= 0.6 is 0 Å². The number of carbonyl (C=O) groups is 3. The first-order valence-electron chi connectivity index (χ1n) is 9.67. The van der Waals surface area contributed by atoms with Gasteiger partial charge in [-0.05, 0) is 51.7 Å². The maximum atomic E-state index is 12.6. The highest BCUT2D eigenvalue weighted by molar-refractivity contribution is 5.83. The number of amides is 2. The van der Waals surface area contributed by atoms with Crippen LogP contribution in [0, 0.1) is 0 Å². The SMILES string of the molecule is C[C@H](OC(=O)CCCNC(=O)OC(C)(C)C)C(=O)N1CCc2ccccc2C1. The molecule has 0 saturated carbocycles. The van der Waals surface area contributed by atoms with E-state index in [0.29, 0.717) is 26.1 Å². The van der Waals surface area contributed by atoms with Gasteiger partial charge in [-0.2, -0.15) is 0 Å². The van der Waals surface area contributed by atoms with Crippen molar-refractivity contribution in [2.75, 3.05) is 13.1 Å². The summed E-state index contributed by atoms with van der Waals surface area (Å²) in [6.45, 7) is 8.40. The highest BCUT2D eigenvalue weighted by Gasteiger charge is 2.26. The molecule has 1 aliphatic rings. The second-order valence-electron chi connectivity index (χ2n) is 7.94. The summed E-state index contributed by atoms with van der Waals surface area (Å²) >= 11 is 0. The highest BCUT2D eigenvalue weighted by Crippen LogP contribution is 2.19. The molecule has 0 aromatic heterocycles.